The smallest absolute Gasteiger partial charge is 0.253 e. The zero-order valence-corrected chi connectivity index (χ0v) is 15.0. The van der Waals surface area contributed by atoms with Crippen molar-refractivity contribution in [1.29, 1.82) is 0 Å². The predicted molar refractivity (Wildman–Crippen MR) is 95.2 cm³/mol. The highest BCUT2D eigenvalue weighted by Crippen LogP contribution is 2.53. The van der Waals surface area contributed by atoms with Gasteiger partial charge in [-0.3, -0.25) is 14.6 Å². The van der Waals surface area contributed by atoms with Crippen molar-refractivity contribution in [3.8, 4) is 0 Å². The molecule has 2 amide bonds. The monoisotopic (exact) mass is 341 g/mol. The molecule has 1 saturated heterocycles. The molecule has 3 fully saturated rings. The van der Waals surface area contributed by atoms with E-state index in [0.29, 0.717) is 16.9 Å². The van der Waals surface area contributed by atoms with Gasteiger partial charge in [-0.25, -0.2) is 0 Å². The summed E-state index contributed by atoms with van der Waals surface area (Å²) in [4.78, 5) is 31.3. The van der Waals surface area contributed by atoms with Crippen LogP contribution in [0.3, 0.4) is 0 Å². The first kappa shape index (κ1) is 16.6. The van der Waals surface area contributed by atoms with Gasteiger partial charge >= 0.3 is 0 Å². The van der Waals surface area contributed by atoms with Crippen LogP contribution in [0.1, 0.15) is 73.8 Å². The molecular formula is C20H27N3O2. The minimum atomic E-state index is -0.493. The van der Waals surface area contributed by atoms with E-state index in [1.807, 2.05) is 17.0 Å². The number of carbonyl (C=O) groups excluding carboxylic acids is 2. The quantitative estimate of drug-likeness (QED) is 0.916. The van der Waals surface area contributed by atoms with Crippen molar-refractivity contribution in [1.82, 2.24) is 15.2 Å². The Morgan fingerprint density at radius 1 is 1.20 bits per heavy atom. The van der Waals surface area contributed by atoms with Crippen molar-refractivity contribution in [2.24, 2.45) is 5.41 Å². The highest BCUT2D eigenvalue weighted by atomic mass is 16.2. The largest absolute Gasteiger partial charge is 0.341 e. The summed E-state index contributed by atoms with van der Waals surface area (Å²) in [5.74, 6) is 0.374. The Labute approximate surface area is 149 Å². The molecule has 0 aromatic carbocycles. The maximum atomic E-state index is 12.6. The molecule has 4 rings (SSSR count). The van der Waals surface area contributed by atoms with Crippen LogP contribution >= 0.6 is 0 Å². The summed E-state index contributed by atoms with van der Waals surface area (Å²) in [6, 6.07) is 3.28. The number of rotatable bonds is 4. The summed E-state index contributed by atoms with van der Waals surface area (Å²) in [6.45, 7) is 3.44. The molecule has 2 heterocycles. The van der Waals surface area contributed by atoms with Gasteiger partial charge in [-0.05, 0) is 63.0 Å². The minimum absolute atomic E-state index is 0.0305. The maximum absolute atomic E-state index is 12.6. The van der Waals surface area contributed by atoms with Crippen molar-refractivity contribution in [3.63, 3.8) is 0 Å². The number of pyridine rings is 1. The van der Waals surface area contributed by atoms with Gasteiger partial charge in [0.15, 0.2) is 0 Å². The third-order valence-electron chi connectivity index (χ3n) is 6.38. The summed E-state index contributed by atoms with van der Waals surface area (Å²) in [7, 11) is 0. The fourth-order valence-electron chi connectivity index (χ4n) is 3.98. The second-order valence-electron chi connectivity index (χ2n) is 8.12. The van der Waals surface area contributed by atoms with E-state index >= 15 is 0 Å². The molecule has 1 unspecified atom stereocenters. The Morgan fingerprint density at radius 3 is 2.44 bits per heavy atom. The van der Waals surface area contributed by atoms with Crippen LogP contribution in [0.4, 0.5) is 0 Å². The molecule has 2 saturated carbocycles. The van der Waals surface area contributed by atoms with E-state index in [-0.39, 0.29) is 11.8 Å². The van der Waals surface area contributed by atoms with Crippen LogP contribution in [0.25, 0.3) is 0 Å². The Kier molecular flexibility index (Phi) is 4.26. The molecule has 0 bridgehead atoms. The van der Waals surface area contributed by atoms with Crippen LogP contribution in [0.5, 0.6) is 0 Å². The highest BCUT2D eigenvalue weighted by Gasteiger charge is 2.45. The molecule has 1 aromatic heterocycles. The lowest BCUT2D eigenvalue weighted by Gasteiger charge is -2.33. The molecule has 5 heteroatoms. The first-order chi connectivity index (χ1) is 12.1. The highest BCUT2D eigenvalue weighted by molar-refractivity contribution is 5.97. The van der Waals surface area contributed by atoms with E-state index in [4.69, 9.17) is 0 Å². The Bertz CT molecular complexity index is 652. The van der Waals surface area contributed by atoms with Crippen LogP contribution in [-0.4, -0.2) is 40.8 Å². The zero-order valence-electron chi connectivity index (χ0n) is 15.0. The van der Waals surface area contributed by atoms with Gasteiger partial charge in [0.05, 0.1) is 5.56 Å². The molecule has 134 valence electrons. The first-order valence-corrected chi connectivity index (χ1v) is 9.62. The van der Waals surface area contributed by atoms with Crippen LogP contribution in [-0.2, 0) is 4.79 Å². The Balaban J connectivity index is 1.31. The standard InChI is InChI=1S/C20H27N3O2/c1-14(19(25)23-11-9-20(7-8-20)10-12-23)22-18(24)16-5-6-17(21-13-16)15-3-2-4-15/h5-6,13-15H,2-4,7-12H2,1H3,(H,22,24). The third kappa shape index (κ3) is 3.42. The number of amides is 2. The number of nitrogens with zero attached hydrogens (tertiary/aromatic N) is 2. The van der Waals surface area contributed by atoms with Crippen molar-refractivity contribution in [2.45, 2.75) is 63.8 Å². The average Bonchev–Trinajstić information content (AvgIpc) is 3.33. The van der Waals surface area contributed by atoms with Crippen molar-refractivity contribution < 1.29 is 9.59 Å². The number of hydrogen-bond donors (Lipinski definition) is 1. The zero-order chi connectivity index (χ0) is 17.4. The van der Waals surface area contributed by atoms with Gasteiger partial charge in [-0.15, -0.1) is 0 Å². The molecule has 0 radical (unpaired) electrons. The maximum Gasteiger partial charge on any atom is 0.253 e. The number of nitrogens with one attached hydrogen (secondary N) is 1. The molecule has 5 nitrogen and oxygen atoms in total. The first-order valence-electron chi connectivity index (χ1n) is 9.62. The van der Waals surface area contributed by atoms with Gasteiger partial charge in [0.1, 0.15) is 6.04 Å². The molecule has 1 spiro atoms. The molecule has 1 atom stereocenters. The number of hydrogen-bond acceptors (Lipinski definition) is 3. The summed E-state index contributed by atoms with van der Waals surface area (Å²) in [5, 5.41) is 2.84. The summed E-state index contributed by atoms with van der Waals surface area (Å²) in [5.41, 5.74) is 2.16. The van der Waals surface area contributed by atoms with E-state index in [0.717, 1.165) is 31.6 Å². The van der Waals surface area contributed by atoms with Crippen molar-refractivity contribution >= 4 is 11.8 Å². The van der Waals surface area contributed by atoms with E-state index < -0.39 is 6.04 Å². The lowest BCUT2D eigenvalue weighted by molar-refractivity contribution is -0.134. The molecule has 1 N–H and O–H groups in total. The van der Waals surface area contributed by atoms with E-state index in [2.05, 4.69) is 10.3 Å². The second kappa shape index (κ2) is 6.43. The van der Waals surface area contributed by atoms with Gasteiger partial charge in [0.2, 0.25) is 5.91 Å². The number of likely N-dealkylation sites (tertiary alicyclic amines) is 1. The van der Waals surface area contributed by atoms with Crippen LogP contribution in [0, 0.1) is 5.41 Å². The van der Waals surface area contributed by atoms with Gasteiger partial charge in [0.25, 0.3) is 5.91 Å². The summed E-state index contributed by atoms with van der Waals surface area (Å²) < 4.78 is 0. The van der Waals surface area contributed by atoms with Crippen LogP contribution in [0.15, 0.2) is 18.3 Å². The molecule has 25 heavy (non-hydrogen) atoms. The molecule has 1 aliphatic heterocycles. The summed E-state index contributed by atoms with van der Waals surface area (Å²) in [6.07, 6.45) is 10.2. The number of aromatic nitrogens is 1. The predicted octanol–water partition coefficient (Wildman–Crippen LogP) is 2.87. The van der Waals surface area contributed by atoms with Crippen LogP contribution < -0.4 is 5.32 Å². The lowest BCUT2D eigenvalue weighted by atomic mass is 9.82. The number of piperidine rings is 1. The SMILES string of the molecule is CC(NC(=O)c1ccc(C2CCC2)nc1)C(=O)N1CCC2(CC1)CC2. The van der Waals surface area contributed by atoms with Gasteiger partial charge in [-0.1, -0.05) is 6.42 Å². The van der Waals surface area contributed by atoms with Gasteiger partial charge < -0.3 is 10.2 Å². The summed E-state index contributed by atoms with van der Waals surface area (Å²) >= 11 is 0. The average molecular weight is 341 g/mol. The molecule has 3 aliphatic rings. The topological polar surface area (TPSA) is 62.3 Å². The number of carbonyl (C=O) groups is 2. The minimum Gasteiger partial charge on any atom is -0.341 e. The molecule has 1 aromatic rings. The second-order valence-corrected chi connectivity index (χ2v) is 8.12. The van der Waals surface area contributed by atoms with Crippen LogP contribution in [0.2, 0.25) is 0 Å². The Morgan fingerprint density at radius 2 is 1.92 bits per heavy atom. The fraction of sp³-hybridized carbons (Fsp3) is 0.650. The van der Waals surface area contributed by atoms with E-state index in [1.54, 1.807) is 13.1 Å². The van der Waals surface area contributed by atoms with Gasteiger partial charge in [-0.2, -0.15) is 0 Å². The van der Waals surface area contributed by atoms with Crippen molar-refractivity contribution in [2.75, 3.05) is 13.1 Å². The third-order valence-corrected chi connectivity index (χ3v) is 6.38. The Hall–Kier alpha value is -1.91. The fourth-order valence-corrected chi connectivity index (χ4v) is 3.98. The normalized spacial score (nSPS) is 23.0. The molecular weight excluding hydrogens is 314 g/mol. The van der Waals surface area contributed by atoms with Gasteiger partial charge in [0, 0.05) is 30.9 Å². The molecule has 2 aliphatic carbocycles. The van der Waals surface area contributed by atoms with Crippen molar-refractivity contribution in [3.05, 3.63) is 29.6 Å². The van der Waals surface area contributed by atoms with E-state index in [9.17, 15) is 9.59 Å². The van der Waals surface area contributed by atoms with E-state index in [1.165, 1.54) is 32.1 Å². The lowest BCUT2D eigenvalue weighted by Crippen LogP contribution is -2.49.